The van der Waals surface area contributed by atoms with E-state index in [-0.39, 0.29) is 11.3 Å². The molecule has 0 amide bonds. The van der Waals surface area contributed by atoms with Crippen molar-refractivity contribution < 1.29 is 13.5 Å². The highest BCUT2D eigenvalue weighted by Gasteiger charge is 2.47. The van der Waals surface area contributed by atoms with Crippen LogP contribution in [-0.2, 0) is 9.84 Å². The monoisotopic (exact) mass is 366 g/mol. The van der Waals surface area contributed by atoms with Crippen LogP contribution in [0.5, 0.6) is 0 Å². The van der Waals surface area contributed by atoms with Gasteiger partial charge in [-0.15, -0.1) is 0 Å². The minimum absolute atomic E-state index is 0.0316. The van der Waals surface area contributed by atoms with Crippen molar-refractivity contribution in [2.75, 3.05) is 0 Å². The molecule has 1 aromatic carbocycles. The SMILES string of the molecule is CCC[C@H](O)C[C@@H](C1C(C)CCCC1(C)C)S(=O)(=O)c1ccccc1. The molecule has 4 heteroatoms. The van der Waals surface area contributed by atoms with Crippen LogP contribution in [0.15, 0.2) is 35.2 Å². The molecule has 1 aliphatic carbocycles. The van der Waals surface area contributed by atoms with Gasteiger partial charge in [-0.2, -0.15) is 0 Å². The van der Waals surface area contributed by atoms with Gasteiger partial charge < -0.3 is 5.11 Å². The third kappa shape index (κ3) is 4.65. The van der Waals surface area contributed by atoms with Crippen molar-refractivity contribution in [3.05, 3.63) is 30.3 Å². The number of sulfone groups is 1. The molecule has 1 aliphatic rings. The van der Waals surface area contributed by atoms with Crippen molar-refractivity contribution in [3.63, 3.8) is 0 Å². The van der Waals surface area contributed by atoms with Crippen LogP contribution in [0.1, 0.15) is 66.2 Å². The van der Waals surface area contributed by atoms with E-state index in [4.69, 9.17) is 0 Å². The molecule has 0 radical (unpaired) electrons. The van der Waals surface area contributed by atoms with Crippen LogP contribution in [0.4, 0.5) is 0 Å². The normalized spacial score (nSPS) is 26.1. The molecule has 0 saturated heterocycles. The molecule has 2 unspecified atom stereocenters. The second-order valence-electron chi connectivity index (χ2n) is 8.46. The van der Waals surface area contributed by atoms with Crippen molar-refractivity contribution in [1.82, 2.24) is 0 Å². The van der Waals surface area contributed by atoms with Crippen LogP contribution < -0.4 is 0 Å². The first-order chi connectivity index (χ1) is 11.7. The molecule has 0 heterocycles. The number of hydrogen-bond donors (Lipinski definition) is 1. The Morgan fingerprint density at radius 1 is 1.24 bits per heavy atom. The highest BCUT2D eigenvalue weighted by Crippen LogP contribution is 2.49. The zero-order valence-corrected chi connectivity index (χ0v) is 16.9. The lowest BCUT2D eigenvalue weighted by Gasteiger charge is -2.47. The standard InChI is InChI=1S/C21H34O3S/c1-5-10-17(22)15-19(20-16(2)11-9-14-21(20,3)4)25(23,24)18-12-7-6-8-13-18/h6-8,12-13,16-17,19-20,22H,5,9-11,14-15H2,1-4H3/t16?,17-,19-,20?/m0/s1. The van der Waals surface area contributed by atoms with Crippen LogP contribution >= 0.6 is 0 Å². The van der Waals surface area contributed by atoms with E-state index in [1.807, 2.05) is 13.0 Å². The predicted molar refractivity (Wildman–Crippen MR) is 103 cm³/mol. The first kappa shape index (κ1) is 20.4. The molecule has 1 fully saturated rings. The predicted octanol–water partition coefficient (Wildman–Crippen LogP) is 4.84. The van der Waals surface area contributed by atoms with Gasteiger partial charge in [0.2, 0.25) is 0 Å². The first-order valence-electron chi connectivity index (χ1n) is 9.67. The van der Waals surface area contributed by atoms with Crippen molar-refractivity contribution in [2.45, 2.75) is 82.5 Å². The van der Waals surface area contributed by atoms with E-state index in [1.165, 1.54) is 0 Å². The molecule has 142 valence electrons. The Hall–Kier alpha value is -0.870. The smallest absolute Gasteiger partial charge is 0.181 e. The molecule has 4 atom stereocenters. The van der Waals surface area contributed by atoms with Crippen molar-refractivity contribution in [1.29, 1.82) is 0 Å². The van der Waals surface area contributed by atoms with E-state index >= 15 is 0 Å². The van der Waals surface area contributed by atoms with Gasteiger partial charge in [-0.05, 0) is 48.6 Å². The maximum atomic E-state index is 13.5. The maximum Gasteiger partial charge on any atom is 0.181 e. The van der Waals surface area contributed by atoms with E-state index in [0.29, 0.717) is 23.7 Å². The van der Waals surface area contributed by atoms with Gasteiger partial charge in [0.1, 0.15) is 0 Å². The number of rotatable bonds is 7. The van der Waals surface area contributed by atoms with Crippen LogP contribution in [0, 0.1) is 17.3 Å². The lowest BCUT2D eigenvalue weighted by molar-refractivity contribution is 0.0589. The maximum absolute atomic E-state index is 13.5. The Bertz CT molecular complexity index is 636. The summed E-state index contributed by atoms with van der Waals surface area (Å²) in [5.74, 6) is 0.416. The minimum Gasteiger partial charge on any atom is -0.393 e. The lowest BCUT2D eigenvalue weighted by Crippen LogP contribution is -2.46. The largest absolute Gasteiger partial charge is 0.393 e. The van der Waals surface area contributed by atoms with Crippen LogP contribution in [-0.4, -0.2) is 24.9 Å². The second kappa shape index (κ2) is 8.22. The molecule has 1 N–H and O–H groups in total. The fraction of sp³-hybridized carbons (Fsp3) is 0.714. The van der Waals surface area contributed by atoms with Gasteiger partial charge in [0.15, 0.2) is 9.84 Å². The summed E-state index contributed by atoms with van der Waals surface area (Å²) in [5.41, 5.74) is -0.0316. The number of aliphatic hydroxyl groups is 1. The Labute approximate surface area is 153 Å². The summed E-state index contributed by atoms with van der Waals surface area (Å²) in [6.45, 7) is 8.61. The Balaban J connectivity index is 2.46. The molecule has 25 heavy (non-hydrogen) atoms. The van der Waals surface area contributed by atoms with Crippen molar-refractivity contribution in [2.24, 2.45) is 17.3 Å². The first-order valence-corrected chi connectivity index (χ1v) is 11.2. The van der Waals surface area contributed by atoms with Crippen LogP contribution in [0.2, 0.25) is 0 Å². The zero-order chi connectivity index (χ0) is 18.7. The summed E-state index contributed by atoms with van der Waals surface area (Å²) >= 11 is 0. The summed E-state index contributed by atoms with van der Waals surface area (Å²) in [4.78, 5) is 0.386. The molecule has 1 saturated carbocycles. The Kier molecular flexibility index (Phi) is 6.72. The molecular weight excluding hydrogens is 332 g/mol. The zero-order valence-electron chi connectivity index (χ0n) is 16.1. The van der Waals surface area contributed by atoms with E-state index < -0.39 is 21.2 Å². The minimum atomic E-state index is -3.48. The van der Waals surface area contributed by atoms with Crippen molar-refractivity contribution >= 4 is 9.84 Å². The summed E-state index contributed by atoms with van der Waals surface area (Å²) in [6, 6.07) is 8.78. The average molecular weight is 367 g/mol. The third-order valence-electron chi connectivity index (χ3n) is 5.99. The average Bonchev–Trinajstić information content (AvgIpc) is 2.54. The fourth-order valence-electron chi connectivity index (χ4n) is 4.84. The number of aliphatic hydroxyl groups excluding tert-OH is 1. The quantitative estimate of drug-likeness (QED) is 0.751. The van der Waals surface area contributed by atoms with Gasteiger partial charge in [-0.1, -0.05) is 65.2 Å². The third-order valence-corrected chi connectivity index (χ3v) is 8.21. The molecule has 1 aromatic rings. The number of hydrogen-bond acceptors (Lipinski definition) is 3. The molecule has 0 aliphatic heterocycles. The van der Waals surface area contributed by atoms with E-state index in [1.54, 1.807) is 24.3 Å². The molecular formula is C21H34O3S. The number of benzene rings is 1. The van der Waals surface area contributed by atoms with E-state index in [2.05, 4.69) is 20.8 Å². The van der Waals surface area contributed by atoms with Crippen molar-refractivity contribution in [3.8, 4) is 0 Å². The summed E-state index contributed by atoms with van der Waals surface area (Å²) in [7, 11) is -3.48. The molecule has 2 rings (SSSR count). The highest BCUT2D eigenvalue weighted by atomic mass is 32.2. The highest BCUT2D eigenvalue weighted by molar-refractivity contribution is 7.92. The topological polar surface area (TPSA) is 54.4 Å². The summed E-state index contributed by atoms with van der Waals surface area (Å²) in [6.07, 6.45) is 4.57. The summed E-state index contributed by atoms with van der Waals surface area (Å²) in [5, 5.41) is 9.93. The molecule has 0 spiro atoms. The lowest BCUT2D eigenvalue weighted by atomic mass is 9.62. The summed E-state index contributed by atoms with van der Waals surface area (Å²) < 4.78 is 27.0. The second-order valence-corrected chi connectivity index (χ2v) is 10.6. The van der Waals surface area contributed by atoms with Gasteiger partial charge in [-0.25, -0.2) is 8.42 Å². The molecule has 3 nitrogen and oxygen atoms in total. The van der Waals surface area contributed by atoms with Gasteiger partial charge in [0.05, 0.1) is 16.2 Å². The van der Waals surface area contributed by atoms with Gasteiger partial charge >= 0.3 is 0 Å². The van der Waals surface area contributed by atoms with Gasteiger partial charge in [-0.3, -0.25) is 0 Å². The fourth-order valence-corrected chi connectivity index (χ4v) is 7.22. The molecule has 0 bridgehead atoms. The van der Waals surface area contributed by atoms with Gasteiger partial charge in [0.25, 0.3) is 0 Å². The molecule has 0 aromatic heterocycles. The van der Waals surface area contributed by atoms with E-state index in [0.717, 1.165) is 25.7 Å². The van der Waals surface area contributed by atoms with Crippen LogP contribution in [0.25, 0.3) is 0 Å². The van der Waals surface area contributed by atoms with Gasteiger partial charge in [0, 0.05) is 0 Å². The van der Waals surface area contributed by atoms with Crippen LogP contribution in [0.3, 0.4) is 0 Å². The Morgan fingerprint density at radius 2 is 1.88 bits per heavy atom. The van der Waals surface area contributed by atoms with E-state index in [9.17, 15) is 13.5 Å². The Morgan fingerprint density at radius 3 is 2.44 bits per heavy atom.